The molecule has 0 aliphatic heterocycles. The molecule has 8 heteroatoms. The predicted octanol–water partition coefficient (Wildman–Crippen LogP) is 1.60. The second-order valence-electron chi connectivity index (χ2n) is 5.58. The van der Waals surface area contributed by atoms with Crippen LogP contribution in [0.25, 0.3) is 0 Å². The van der Waals surface area contributed by atoms with Gasteiger partial charge in [0.2, 0.25) is 0 Å². The lowest BCUT2D eigenvalue weighted by atomic mass is 10.3. The second-order valence-corrected chi connectivity index (χ2v) is 5.58. The minimum Gasteiger partial charge on any atom is -0.484 e. The molecule has 0 fully saturated rings. The van der Waals surface area contributed by atoms with Crippen LogP contribution in [0.15, 0.2) is 36.7 Å². The molecule has 0 spiro atoms. The number of aryl methyl sites for hydroxylation is 1. The van der Waals surface area contributed by atoms with Crippen LogP contribution in [0.2, 0.25) is 0 Å². The van der Waals surface area contributed by atoms with Crippen molar-refractivity contribution >= 4 is 17.6 Å². The van der Waals surface area contributed by atoms with E-state index in [9.17, 15) is 9.59 Å². The number of carbonyl (C=O) groups is 2. The number of amides is 3. The molecule has 0 unspecified atom stereocenters. The van der Waals surface area contributed by atoms with Gasteiger partial charge in [0.25, 0.3) is 5.91 Å². The predicted molar refractivity (Wildman–Crippen MR) is 94.3 cm³/mol. The van der Waals surface area contributed by atoms with E-state index in [1.54, 1.807) is 47.1 Å². The molecule has 0 aliphatic carbocycles. The van der Waals surface area contributed by atoms with Crippen LogP contribution in [0.1, 0.15) is 12.5 Å². The Balaban J connectivity index is 1.89. The van der Waals surface area contributed by atoms with Crippen LogP contribution in [0.4, 0.5) is 10.5 Å². The smallest absolute Gasteiger partial charge is 0.321 e. The van der Waals surface area contributed by atoms with Gasteiger partial charge in [0.05, 0.1) is 12.7 Å². The first-order valence-electron chi connectivity index (χ1n) is 7.97. The van der Waals surface area contributed by atoms with Crippen molar-refractivity contribution in [2.24, 2.45) is 7.05 Å². The molecule has 2 aromatic rings. The maximum Gasteiger partial charge on any atom is 0.321 e. The summed E-state index contributed by atoms with van der Waals surface area (Å²) in [4.78, 5) is 25.2. The first-order chi connectivity index (χ1) is 12.0. The highest BCUT2D eigenvalue weighted by Gasteiger charge is 2.11. The molecule has 0 bridgehead atoms. The molecule has 25 heavy (non-hydrogen) atoms. The van der Waals surface area contributed by atoms with Gasteiger partial charge in [0, 0.05) is 44.2 Å². The lowest BCUT2D eigenvalue weighted by molar-refractivity contribution is -0.122. The maximum absolute atomic E-state index is 12.3. The zero-order chi connectivity index (χ0) is 18.2. The van der Waals surface area contributed by atoms with Gasteiger partial charge in [0.15, 0.2) is 6.61 Å². The standard InChI is InChI=1S/C17H23N5O3/c1-4-18-16(23)12-25-15-7-5-6-14(8-15)20-17(24)21(2)10-13-9-19-22(3)11-13/h5-9,11H,4,10,12H2,1-3H3,(H,18,23)(H,20,24). The zero-order valence-electron chi connectivity index (χ0n) is 14.7. The summed E-state index contributed by atoms with van der Waals surface area (Å²) in [7, 11) is 3.54. The lowest BCUT2D eigenvalue weighted by Crippen LogP contribution is -2.30. The Kier molecular flexibility index (Phi) is 6.39. The molecule has 2 N–H and O–H groups in total. The first kappa shape index (κ1) is 18.3. The molecule has 1 aromatic heterocycles. The van der Waals surface area contributed by atoms with Crippen LogP contribution in [-0.2, 0) is 18.4 Å². The second kappa shape index (κ2) is 8.72. The number of benzene rings is 1. The van der Waals surface area contributed by atoms with Gasteiger partial charge >= 0.3 is 6.03 Å². The molecule has 3 amide bonds. The molecule has 1 aromatic carbocycles. The Labute approximate surface area is 146 Å². The Hall–Kier alpha value is -3.03. The molecule has 0 aliphatic rings. The molecule has 0 saturated carbocycles. The summed E-state index contributed by atoms with van der Waals surface area (Å²) in [5, 5.41) is 9.54. The van der Waals surface area contributed by atoms with Gasteiger partial charge in [-0.25, -0.2) is 4.79 Å². The summed E-state index contributed by atoms with van der Waals surface area (Å²) in [5.41, 5.74) is 1.54. The summed E-state index contributed by atoms with van der Waals surface area (Å²) in [6.07, 6.45) is 3.58. The van der Waals surface area contributed by atoms with Crippen molar-refractivity contribution in [3.63, 3.8) is 0 Å². The van der Waals surface area contributed by atoms with Crippen molar-refractivity contribution in [2.75, 3.05) is 25.5 Å². The minimum absolute atomic E-state index is 0.0633. The van der Waals surface area contributed by atoms with E-state index in [0.717, 1.165) is 5.56 Å². The number of hydrogen-bond donors (Lipinski definition) is 2. The number of nitrogens with zero attached hydrogens (tertiary/aromatic N) is 3. The van der Waals surface area contributed by atoms with Crippen molar-refractivity contribution in [3.8, 4) is 5.75 Å². The fourth-order valence-electron chi connectivity index (χ4n) is 2.18. The van der Waals surface area contributed by atoms with E-state index in [2.05, 4.69) is 15.7 Å². The molecular formula is C17H23N5O3. The number of anilines is 1. The fourth-order valence-corrected chi connectivity index (χ4v) is 2.18. The average molecular weight is 345 g/mol. The number of likely N-dealkylation sites (N-methyl/N-ethyl adjacent to an activating group) is 1. The lowest BCUT2D eigenvalue weighted by Gasteiger charge is -2.17. The number of ether oxygens (including phenoxy) is 1. The van der Waals surface area contributed by atoms with Crippen LogP contribution in [0.5, 0.6) is 5.75 Å². The average Bonchev–Trinajstić information content (AvgIpc) is 2.98. The number of carbonyl (C=O) groups excluding carboxylic acids is 2. The van der Waals surface area contributed by atoms with E-state index in [4.69, 9.17) is 4.74 Å². The molecule has 0 radical (unpaired) electrons. The van der Waals surface area contributed by atoms with Crippen LogP contribution < -0.4 is 15.4 Å². The Morgan fingerprint density at radius 1 is 1.36 bits per heavy atom. The SMILES string of the molecule is CCNC(=O)COc1cccc(NC(=O)N(C)Cc2cnn(C)c2)c1. The van der Waals surface area contributed by atoms with Crippen molar-refractivity contribution in [2.45, 2.75) is 13.5 Å². The molecule has 8 nitrogen and oxygen atoms in total. The van der Waals surface area contributed by atoms with E-state index in [0.29, 0.717) is 24.5 Å². The highest BCUT2D eigenvalue weighted by atomic mass is 16.5. The van der Waals surface area contributed by atoms with E-state index < -0.39 is 0 Å². The molecule has 1 heterocycles. The van der Waals surface area contributed by atoms with Gasteiger partial charge in [-0.2, -0.15) is 5.10 Å². The van der Waals surface area contributed by atoms with Crippen LogP contribution in [0, 0.1) is 0 Å². The maximum atomic E-state index is 12.3. The monoisotopic (exact) mass is 345 g/mol. The Bertz CT molecular complexity index is 729. The summed E-state index contributed by atoms with van der Waals surface area (Å²) >= 11 is 0. The number of aromatic nitrogens is 2. The number of hydrogen-bond acceptors (Lipinski definition) is 4. The van der Waals surface area contributed by atoms with E-state index in [1.807, 2.05) is 20.2 Å². The van der Waals surface area contributed by atoms with Gasteiger partial charge in [-0.15, -0.1) is 0 Å². The summed E-state index contributed by atoms with van der Waals surface area (Å²) < 4.78 is 7.10. The minimum atomic E-state index is -0.246. The third-order valence-electron chi connectivity index (χ3n) is 3.35. The molecular weight excluding hydrogens is 322 g/mol. The van der Waals surface area contributed by atoms with Crippen molar-refractivity contribution < 1.29 is 14.3 Å². The van der Waals surface area contributed by atoms with E-state index in [-0.39, 0.29) is 18.5 Å². The van der Waals surface area contributed by atoms with Crippen LogP contribution in [-0.4, -0.2) is 46.8 Å². The van der Waals surface area contributed by atoms with Crippen molar-refractivity contribution in [1.29, 1.82) is 0 Å². The molecule has 2 rings (SSSR count). The highest BCUT2D eigenvalue weighted by molar-refractivity contribution is 5.89. The Morgan fingerprint density at radius 2 is 2.16 bits per heavy atom. The highest BCUT2D eigenvalue weighted by Crippen LogP contribution is 2.18. The Morgan fingerprint density at radius 3 is 2.84 bits per heavy atom. The molecule has 0 saturated heterocycles. The topological polar surface area (TPSA) is 88.5 Å². The third kappa shape index (κ3) is 5.83. The van der Waals surface area contributed by atoms with Gasteiger partial charge in [0.1, 0.15) is 5.75 Å². The summed E-state index contributed by atoms with van der Waals surface area (Å²) in [5.74, 6) is 0.326. The van der Waals surface area contributed by atoms with Gasteiger partial charge in [-0.05, 0) is 19.1 Å². The van der Waals surface area contributed by atoms with E-state index >= 15 is 0 Å². The van der Waals surface area contributed by atoms with Crippen LogP contribution >= 0.6 is 0 Å². The van der Waals surface area contributed by atoms with Gasteiger partial charge < -0.3 is 20.3 Å². The number of nitrogens with one attached hydrogen (secondary N) is 2. The summed E-state index contributed by atoms with van der Waals surface area (Å²) in [6, 6.07) is 6.67. The quantitative estimate of drug-likeness (QED) is 0.798. The molecule has 0 atom stereocenters. The number of rotatable bonds is 7. The summed E-state index contributed by atoms with van der Waals surface area (Å²) in [6.45, 7) is 2.79. The zero-order valence-corrected chi connectivity index (χ0v) is 14.7. The fraction of sp³-hybridized carbons (Fsp3) is 0.353. The van der Waals surface area contributed by atoms with Crippen LogP contribution in [0.3, 0.4) is 0 Å². The van der Waals surface area contributed by atoms with Gasteiger partial charge in [-0.3, -0.25) is 9.48 Å². The van der Waals surface area contributed by atoms with Gasteiger partial charge in [-0.1, -0.05) is 6.07 Å². The largest absolute Gasteiger partial charge is 0.484 e. The van der Waals surface area contributed by atoms with Crippen molar-refractivity contribution in [3.05, 3.63) is 42.2 Å². The van der Waals surface area contributed by atoms with E-state index in [1.165, 1.54) is 0 Å². The first-order valence-corrected chi connectivity index (χ1v) is 7.97. The third-order valence-corrected chi connectivity index (χ3v) is 3.35. The normalized spacial score (nSPS) is 10.2. The number of urea groups is 1. The molecule has 134 valence electrons. The van der Waals surface area contributed by atoms with Crippen molar-refractivity contribution in [1.82, 2.24) is 20.0 Å².